The molecule has 0 amide bonds. The van der Waals surface area contributed by atoms with Gasteiger partial charge in [0.15, 0.2) is 0 Å². The summed E-state index contributed by atoms with van der Waals surface area (Å²) in [6.45, 7) is 2.69. The van der Waals surface area contributed by atoms with Gasteiger partial charge in [0.05, 0.1) is 4.47 Å². The van der Waals surface area contributed by atoms with Crippen molar-refractivity contribution in [2.24, 2.45) is 0 Å². The molecule has 100 valence electrons. The number of hydrogen-bond donors (Lipinski definition) is 1. The van der Waals surface area contributed by atoms with Crippen LogP contribution in [0.15, 0.2) is 46.9 Å². The van der Waals surface area contributed by atoms with Crippen LogP contribution in [0.3, 0.4) is 0 Å². The minimum atomic E-state index is -0.238. The largest absolute Gasteiger partial charge is 0.306 e. The molecular weight excluding hydrogens is 329 g/mol. The van der Waals surface area contributed by atoms with E-state index in [1.165, 1.54) is 6.07 Å². The Hall–Kier alpha value is -0.900. The quantitative estimate of drug-likeness (QED) is 0.816. The molecule has 0 saturated heterocycles. The first kappa shape index (κ1) is 14.5. The number of rotatable bonds is 4. The van der Waals surface area contributed by atoms with Crippen LogP contribution in [0.25, 0.3) is 0 Å². The molecule has 0 aromatic heterocycles. The second-order valence-corrected chi connectivity index (χ2v) is 5.69. The van der Waals surface area contributed by atoms with E-state index in [4.69, 9.17) is 11.6 Å². The van der Waals surface area contributed by atoms with Crippen LogP contribution in [0.5, 0.6) is 0 Å². The summed E-state index contributed by atoms with van der Waals surface area (Å²) >= 11 is 9.00. The van der Waals surface area contributed by atoms with Crippen LogP contribution >= 0.6 is 27.5 Å². The van der Waals surface area contributed by atoms with Gasteiger partial charge in [-0.1, -0.05) is 29.8 Å². The van der Waals surface area contributed by atoms with E-state index in [1.807, 2.05) is 30.3 Å². The van der Waals surface area contributed by atoms with E-state index in [1.54, 1.807) is 6.07 Å². The predicted octanol–water partition coefficient (Wildman–Crippen LogP) is 5.09. The number of benzene rings is 2. The summed E-state index contributed by atoms with van der Waals surface area (Å²) in [5.74, 6) is -0.238. The van der Waals surface area contributed by atoms with Crippen LogP contribution in [0, 0.1) is 5.82 Å². The van der Waals surface area contributed by atoms with Crippen LogP contribution in [0.2, 0.25) is 5.02 Å². The first-order chi connectivity index (χ1) is 9.06. The van der Waals surface area contributed by atoms with Gasteiger partial charge in [0.1, 0.15) is 5.82 Å². The highest BCUT2D eigenvalue weighted by Crippen LogP contribution is 2.19. The molecule has 2 rings (SSSR count). The Balaban J connectivity index is 1.98. The maximum Gasteiger partial charge on any atom is 0.137 e. The summed E-state index contributed by atoms with van der Waals surface area (Å²) in [4.78, 5) is 0. The van der Waals surface area contributed by atoms with E-state index in [-0.39, 0.29) is 11.9 Å². The number of nitrogens with one attached hydrogen (secondary N) is 1. The summed E-state index contributed by atoms with van der Waals surface area (Å²) in [5, 5.41) is 4.08. The Bertz CT molecular complexity index is 557. The molecule has 0 saturated carbocycles. The lowest BCUT2D eigenvalue weighted by Gasteiger charge is -2.14. The van der Waals surface area contributed by atoms with Gasteiger partial charge in [-0.25, -0.2) is 4.39 Å². The highest BCUT2D eigenvalue weighted by molar-refractivity contribution is 9.10. The molecule has 0 heterocycles. The molecular formula is C15H14BrClFN. The third-order valence-corrected chi connectivity index (χ3v) is 3.86. The average Bonchev–Trinajstić information content (AvgIpc) is 2.40. The second kappa shape index (κ2) is 6.51. The average molecular weight is 343 g/mol. The summed E-state index contributed by atoms with van der Waals surface area (Å²) in [5.41, 5.74) is 2.07. The van der Waals surface area contributed by atoms with E-state index in [0.29, 0.717) is 11.0 Å². The molecule has 0 aliphatic heterocycles. The van der Waals surface area contributed by atoms with Crippen molar-refractivity contribution in [1.82, 2.24) is 5.32 Å². The molecule has 19 heavy (non-hydrogen) atoms. The molecule has 0 radical (unpaired) electrons. The van der Waals surface area contributed by atoms with Crippen molar-refractivity contribution in [3.05, 3.63) is 68.9 Å². The van der Waals surface area contributed by atoms with Crippen molar-refractivity contribution >= 4 is 27.5 Å². The zero-order valence-corrected chi connectivity index (χ0v) is 12.8. The fourth-order valence-electron chi connectivity index (χ4n) is 1.79. The van der Waals surface area contributed by atoms with Crippen LogP contribution < -0.4 is 5.32 Å². The van der Waals surface area contributed by atoms with E-state index >= 15 is 0 Å². The first-order valence-corrected chi connectivity index (χ1v) is 7.16. The summed E-state index contributed by atoms with van der Waals surface area (Å²) in [7, 11) is 0. The third-order valence-electron chi connectivity index (χ3n) is 2.97. The molecule has 0 spiro atoms. The lowest BCUT2D eigenvalue weighted by atomic mass is 10.1. The molecule has 1 unspecified atom stereocenters. The van der Waals surface area contributed by atoms with Crippen LogP contribution in [0.4, 0.5) is 4.39 Å². The predicted molar refractivity (Wildman–Crippen MR) is 80.8 cm³/mol. The van der Waals surface area contributed by atoms with Crippen LogP contribution in [-0.4, -0.2) is 0 Å². The lowest BCUT2D eigenvalue weighted by Crippen LogP contribution is -2.18. The molecule has 0 fully saturated rings. The topological polar surface area (TPSA) is 12.0 Å². The van der Waals surface area contributed by atoms with Gasteiger partial charge >= 0.3 is 0 Å². The van der Waals surface area contributed by atoms with Crippen molar-refractivity contribution < 1.29 is 4.39 Å². The minimum Gasteiger partial charge on any atom is -0.306 e. The van der Waals surface area contributed by atoms with Crippen molar-refractivity contribution in [3.8, 4) is 0 Å². The Morgan fingerprint density at radius 3 is 2.53 bits per heavy atom. The summed E-state index contributed by atoms with van der Waals surface area (Å²) in [6, 6.07) is 13.1. The smallest absolute Gasteiger partial charge is 0.137 e. The Morgan fingerprint density at radius 2 is 1.89 bits per heavy atom. The van der Waals surface area contributed by atoms with E-state index in [9.17, 15) is 4.39 Å². The molecule has 2 aromatic carbocycles. The van der Waals surface area contributed by atoms with Crippen molar-refractivity contribution in [1.29, 1.82) is 0 Å². The molecule has 0 bridgehead atoms. The molecule has 1 N–H and O–H groups in total. The number of hydrogen-bond acceptors (Lipinski definition) is 1. The maximum atomic E-state index is 13.4. The monoisotopic (exact) mass is 341 g/mol. The number of halogens is 3. The fourth-order valence-corrected chi connectivity index (χ4v) is 2.16. The molecule has 1 atom stereocenters. The van der Waals surface area contributed by atoms with Gasteiger partial charge in [0.2, 0.25) is 0 Å². The van der Waals surface area contributed by atoms with Crippen molar-refractivity contribution in [2.75, 3.05) is 0 Å². The van der Waals surface area contributed by atoms with Gasteiger partial charge < -0.3 is 5.32 Å². The highest BCUT2D eigenvalue weighted by Gasteiger charge is 2.06. The van der Waals surface area contributed by atoms with Crippen molar-refractivity contribution in [2.45, 2.75) is 19.5 Å². The normalized spacial score (nSPS) is 12.4. The van der Waals surface area contributed by atoms with E-state index in [2.05, 4.69) is 28.2 Å². The molecule has 2 aromatic rings. The maximum absolute atomic E-state index is 13.4. The molecule has 1 nitrogen and oxygen atoms in total. The Kier molecular flexibility index (Phi) is 4.97. The summed E-state index contributed by atoms with van der Waals surface area (Å²) in [6.07, 6.45) is 0. The molecule has 0 aliphatic rings. The van der Waals surface area contributed by atoms with Gasteiger partial charge in [-0.2, -0.15) is 0 Å². The standard InChI is InChI=1S/C15H14BrClFN/c1-10(12-3-5-13(17)6-4-12)19-9-11-2-7-14(16)15(18)8-11/h2-8,10,19H,9H2,1H3. The van der Waals surface area contributed by atoms with E-state index < -0.39 is 0 Å². The highest BCUT2D eigenvalue weighted by atomic mass is 79.9. The third kappa shape index (κ3) is 4.03. The summed E-state index contributed by atoms with van der Waals surface area (Å²) < 4.78 is 13.9. The van der Waals surface area contributed by atoms with E-state index in [0.717, 1.165) is 16.1 Å². The minimum absolute atomic E-state index is 0.184. The van der Waals surface area contributed by atoms with Crippen LogP contribution in [0.1, 0.15) is 24.1 Å². The Morgan fingerprint density at radius 1 is 1.21 bits per heavy atom. The molecule has 4 heteroatoms. The van der Waals surface area contributed by atoms with Gasteiger partial charge in [-0.15, -0.1) is 0 Å². The SMILES string of the molecule is CC(NCc1ccc(Br)c(F)c1)c1ccc(Cl)cc1. The molecule has 0 aliphatic carbocycles. The van der Waals surface area contributed by atoms with Crippen molar-refractivity contribution in [3.63, 3.8) is 0 Å². The second-order valence-electron chi connectivity index (χ2n) is 4.40. The Labute approximate surface area is 125 Å². The lowest BCUT2D eigenvalue weighted by molar-refractivity contribution is 0.568. The zero-order valence-electron chi connectivity index (χ0n) is 10.5. The van der Waals surface area contributed by atoms with Gasteiger partial charge in [0.25, 0.3) is 0 Å². The van der Waals surface area contributed by atoms with Crippen LogP contribution in [-0.2, 0) is 6.54 Å². The fraction of sp³-hybridized carbons (Fsp3) is 0.200. The van der Waals surface area contributed by atoms with Gasteiger partial charge in [0, 0.05) is 17.6 Å². The first-order valence-electron chi connectivity index (χ1n) is 5.99. The van der Waals surface area contributed by atoms with Gasteiger partial charge in [-0.3, -0.25) is 0 Å². The van der Waals surface area contributed by atoms with Gasteiger partial charge in [-0.05, 0) is 58.2 Å². The zero-order chi connectivity index (χ0) is 13.8.